The summed E-state index contributed by atoms with van der Waals surface area (Å²) in [6.45, 7) is 3.11. The second-order valence-corrected chi connectivity index (χ2v) is 6.05. The molecule has 1 saturated heterocycles. The molecule has 5 nitrogen and oxygen atoms in total. The molecule has 0 atom stereocenters. The highest BCUT2D eigenvalue weighted by Gasteiger charge is 2.19. The van der Waals surface area contributed by atoms with Crippen LogP contribution < -0.4 is 10.6 Å². The van der Waals surface area contributed by atoms with Crippen molar-refractivity contribution in [3.8, 4) is 0 Å². The first-order valence-corrected chi connectivity index (χ1v) is 7.96. The first-order valence-electron chi connectivity index (χ1n) is 7.96. The fourth-order valence-electron chi connectivity index (χ4n) is 3.08. The van der Waals surface area contributed by atoms with Crippen LogP contribution in [-0.4, -0.2) is 48.5 Å². The van der Waals surface area contributed by atoms with Crippen molar-refractivity contribution in [1.82, 2.24) is 20.5 Å². The van der Waals surface area contributed by atoms with Crippen LogP contribution in [0, 0.1) is 0 Å². The number of amides is 1. The van der Waals surface area contributed by atoms with Gasteiger partial charge in [-0.3, -0.25) is 9.69 Å². The lowest BCUT2D eigenvalue weighted by molar-refractivity contribution is -0.122. The maximum absolute atomic E-state index is 12.1. The molecule has 22 heavy (non-hydrogen) atoms. The van der Waals surface area contributed by atoms with Gasteiger partial charge in [-0.15, -0.1) is 0 Å². The molecule has 2 heterocycles. The molecule has 1 aromatic heterocycles. The Morgan fingerprint density at radius 1 is 1.32 bits per heavy atom. The maximum atomic E-state index is 12.1. The zero-order valence-corrected chi connectivity index (χ0v) is 13.1. The van der Waals surface area contributed by atoms with Gasteiger partial charge in [-0.1, -0.05) is 18.2 Å². The second kappa shape index (κ2) is 6.94. The van der Waals surface area contributed by atoms with Gasteiger partial charge in [0.05, 0.1) is 13.1 Å². The third-order valence-corrected chi connectivity index (χ3v) is 4.39. The maximum Gasteiger partial charge on any atom is 0.234 e. The topological polar surface area (TPSA) is 60.2 Å². The minimum absolute atomic E-state index is 0.0830. The van der Waals surface area contributed by atoms with Gasteiger partial charge in [0.15, 0.2) is 0 Å². The van der Waals surface area contributed by atoms with E-state index in [1.807, 2.05) is 25.2 Å². The zero-order chi connectivity index (χ0) is 15.4. The third kappa shape index (κ3) is 3.67. The fourth-order valence-corrected chi connectivity index (χ4v) is 3.08. The Labute approximate surface area is 131 Å². The Kier molecular flexibility index (Phi) is 4.75. The second-order valence-electron chi connectivity index (χ2n) is 6.05. The summed E-state index contributed by atoms with van der Waals surface area (Å²) in [7, 11) is 2.04. The molecular weight excluding hydrogens is 276 g/mol. The molecule has 5 heteroatoms. The lowest BCUT2D eigenvalue weighted by Crippen LogP contribution is -2.45. The fraction of sp³-hybridized carbons (Fsp3) is 0.471. The van der Waals surface area contributed by atoms with E-state index in [1.54, 1.807) is 0 Å². The van der Waals surface area contributed by atoms with Crippen molar-refractivity contribution < 1.29 is 4.79 Å². The van der Waals surface area contributed by atoms with Crippen molar-refractivity contribution in [2.24, 2.45) is 0 Å². The number of benzene rings is 1. The largest absolute Gasteiger partial charge is 0.357 e. The number of para-hydroxylation sites is 1. The van der Waals surface area contributed by atoms with Gasteiger partial charge in [0.2, 0.25) is 5.91 Å². The first-order chi connectivity index (χ1) is 10.7. The number of aromatic amines is 1. The van der Waals surface area contributed by atoms with Crippen LogP contribution in [0.2, 0.25) is 0 Å². The highest BCUT2D eigenvalue weighted by Crippen LogP contribution is 2.14. The van der Waals surface area contributed by atoms with Crippen molar-refractivity contribution in [3.63, 3.8) is 0 Å². The van der Waals surface area contributed by atoms with E-state index in [2.05, 4.69) is 32.7 Å². The number of H-pyrrole nitrogens is 1. The number of hydrogen-bond acceptors (Lipinski definition) is 3. The van der Waals surface area contributed by atoms with E-state index in [9.17, 15) is 4.79 Å². The van der Waals surface area contributed by atoms with E-state index < -0.39 is 0 Å². The molecule has 1 aromatic carbocycles. The monoisotopic (exact) mass is 300 g/mol. The SMILES string of the molecule is CN(CC(=O)NCc1cc2ccccc2[nH]1)C1CCNCC1. The van der Waals surface area contributed by atoms with E-state index in [0.717, 1.165) is 37.1 Å². The minimum Gasteiger partial charge on any atom is -0.357 e. The number of piperidine rings is 1. The van der Waals surface area contributed by atoms with Crippen molar-refractivity contribution in [3.05, 3.63) is 36.0 Å². The quantitative estimate of drug-likeness (QED) is 0.783. The summed E-state index contributed by atoms with van der Waals surface area (Å²) >= 11 is 0. The molecule has 0 saturated carbocycles. The lowest BCUT2D eigenvalue weighted by atomic mass is 10.1. The number of aromatic nitrogens is 1. The minimum atomic E-state index is 0.0830. The van der Waals surface area contributed by atoms with Crippen LogP contribution in [0.4, 0.5) is 0 Å². The van der Waals surface area contributed by atoms with Gasteiger partial charge in [-0.25, -0.2) is 0 Å². The molecule has 0 spiro atoms. The first kappa shape index (κ1) is 15.1. The van der Waals surface area contributed by atoms with Crippen molar-refractivity contribution >= 4 is 16.8 Å². The molecular formula is C17H24N4O. The average Bonchev–Trinajstić information content (AvgIpc) is 2.96. The normalized spacial score (nSPS) is 16.3. The predicted octanol–water partition coefficient (Wildman–Crippen LogP) is 1.47. The Morgan fingerprint density at radius 3 is 2.86 bits per heavy atom. The van der Waals surface area contributed by atoms with Gasteiger partial charge in [0, 0.05) is 17.3 Å². The Hall–Kier alpha value is -1.85. The molecule has 118 valence electrons. The van der Waals surface area contributed by atoms with Gasteiger partial charge in [0.25, 0.3) is 0 Å². The summed E-state index contributed by atoms with van der Waals surface area (Å²) in [6, 6.07) is 10.8. The third-order valence-electron chi connectivity index (χ3n) is 4.39. The van der Waals surface area contributed by atoms with Crippen molar-refractivity contribution in [2.75, 3.05) is 26.7 Å². The number of carbonyl (C=O) groups is 1. The van der Waals surface area contributed by atoms with Crippen LogP contribution in [0.5, 0.6) is 0 Å². The summed E-state index contributed by atoms with van der Waals surface area (Å²) in [5, 5.41) is 7.53. The number of nitrogens with zero attached hydrogens (tertiary/aromatic N) is 1. The molecule has 1 fully saturated rings. The van der Waals surface area contributed by atoms with E-state index in [1.165, 1.54) is 5.39 Å². The van der Waals surface area contributed by atoms with Gasteiger partial charge < -0.3 is 15.6 Å². The summed E-state index contributed by atoms with van der Waals surface area (Å²) in [5.74, 6) is 0.0830. The van der Waals surface area contributed by atoms with Gasteiger partial charge in [0.1, 0.15) is 0 Å². The lowest BCUT2D eigenvalue weighted by Gasteiger charge is -2.31. The van der Waals surface area contributed by atoms with Gasteiger partial charge in [-0.05, 0) is 50.5 Å². The summed E-state index contributed by atoms with van der Waals surface area (Å²) < 4.78 is 0. The standard InChI is InChI=1S/C17H24N4O/c1-21(15-6-8-18-9-7-15)12-17(22)19-11-14-10-13-4-2-3-5-16(13)20-14/h2-5,10,15,18,20H,6-9,11-12H2,1H3,(H,19,22). The van der Waals surface area contributed by atoms with Gasteiger partial charge >= 0.3 is 0 Å². The molecule has 1 aliphatic rings. The summed E-state index contributed by atoms with van der Waals surface area (Å²) in [4.78, 5) is 17.6. The number of hydrogen-bond donors (Lipinski definition) is 3. The number of likely N-dealkylation sites (N-methyl/N-ethyl adjacent to an activating group) is 1. The smallest absolute Gasteiger partial charge is 0.234 e. The molecule has 2 aromatic rings. The highest BCUT2D eigenvalue weighted by atomic mass is 16.2. The Bertz CT molecular complexity index is 597. The predicted molar refractivity (Wildman–Crippen MR) is 88.7 cm³/mol. The highest BCUT2D eigenvalue weighted by molar-refractivity contribution is 5.81. The van der Waals surface area contributed by atoms with Crippen molar-refractivity contribution in [2.45, 2.75) is 25.4 Å². The van der Waals surface area contributed by atoms with Crippen LogP contribution in [-0.2, 0) is 11.3 Å². The molecule has 0 bridgehead atoms. The molecule has 1 aliphatic heterocycles. The molecule has 3 N–H and O–H groups in total. The Balaban J connectivity index is 1.49. The number of nitrogens with one attached hydrogen (secondary N) is 3. The van der Waals surface area contributed by atoms with E-state index in [-0.39, 0.29) is 5.91 Å². The van der Waals surface area contributed by atoms with Crippen LogP contribution >= 0.6 is 0 Å². The van der Waals surface area contributed by atoms with E-state index in [4.69, 9.17) is 0 Å². The van der Waals surface area contributed by atoms with Crippen LogP contribution in [0.1, 0.15) is 18.5 Å². The zero-order valence-electron chi connectivity index (χ0n) is 13.1. The molecule has 0 aliphatic carbocycles. The average molecular weight is 300 g/mol. The summed E-state index contributed by atoms with van der Waals surface area (Å²) in [5.41, 5.74) is 2.15. The van der Waals surface area contributed by atoms with Crippen molar-refractivity contribution in [1.29, 1.82) is 0 Å². The number of fused-ring (bicyclic) bond motifs is 1. The number of rotatable bonds is 5. The van der Waals surface area contributed by atoms with Crippen LogP contribution in [0.15, 0.2) is 30.3 Å². The molecule has 0 radical (unpaired) electrons. The number of carbonyl (C=O) groups excluding carboxylic acids is 1. The molecule has 3 rings (SSSR count). The van der Waals surface area contributed by atoms with E-state index >= 15 is 0 Å². The molecule has 1 amide bonds. The molecule has 0 unspecified atom stereocenters. The van der Waals surface area contributed by atoms with E-state index in [0.29, 0.717) is 19.1 Å². The van der Waals surface area contributed by atoms with Gasteiger partial charge in [-0.2, -0.15) is 0 Å². The van der Waals surface area contributed by atoms with Crippen LogP contribution in [0.25, 0.3) is 10.9 Å². The summed E-state index contributed by atoms with van der Waals surface area (Å²) in [6.07, 6.45) is 2.23. The van der Waals surface area contributed by atoms with Crippen LogP contribution in [0.3, 0.4) is 0 Å². The Morgan fingerprint density at radius 2 is 2.09 bits per heavy atom.